The van der Waals surface area contributed by atoms with Gasteiger partial charge in [-0.25, -0.2) is 0 Å². The van der Waals surface area contributed by atoms with Crippen LogP contribution in [-0.2, 0) is 4.79 Å². The van der Waals surface area contributed by atoms with E-state index in [0.717, 1.165) is 12.5 Å². The molecule has 0 aromatic carbocycles. The Morgan fingerprint density at radius 2 is 2.00 bits per heavy atom. The number of nitrogens with two attached hydrogens (primary N) is 1. The lowest BCUT2D eigenvalue weighted by atomic mass is 9.83. The monoisotopic (exact) mass is 242 g/mol. The van der Waals surface area contributed by atoms with E-state index in [9.17, 15) is 4.79 Å². The van der Waals surface area contributed by atoms with E-state index in [2.05, 4.69) is 12.2 Å². The van der Waals surface area contributed by atoms with Gasteiger partial charge in [0.05, 0.1) is 10.9 Å². The predicted octanol–water partition coefficient (Wildman–Crippen LogP) is 1.85. The predicted molar refractivity (Wildman–Crippen MR) is 70.1 cm³/mol. The molecule has 0 bridgehead atoms. The first-order valence-electron chi connectivity index (χ1n) is 6.07. The molecule has 3 N–H and O–H groups in total. The molecule has 1 unspecified atom stereocenters. The molecular formula is C12H22N2OS. The molecule has 0 heterocycles. The number of hydrogen-bond donors (Lipinski definition) is 2. The van der Waals surface area contributed by atoms with E-state index in [1.54, 1.807) is 6.92 Å². The van der Waals surface area contributed by atoms with Gasteiger partial charge in [0.25, 0.3) is 0 Å². The highest BCUT2D eigenvalue weighted by Gasteiger charge is 2.20. The fraction of sp³-hybridized carbons (Fsp3) is 0.833. The number of thiocarbonyl (C=S) groups is 1. The van der Waals surface area contributed by atoms with Gasteiger partial charge in [-0.05, 0) is 31.6 Å². The summed E-state index contributed by atoms with van der Waals surface area (Å²) in [6.07, 6.45) is 5.02. The highest BCUT2D eigenvalue weighted by atomic mass is 32.1. The lowest BCUT2D eigenvalue weighted by Crippen LogP contribution is -2.38. The minimum Gasteiger partial charge on any atom is -0.393 e. The first-order chi connectivity index (χ1) is 7.50. The fourth-order valence-corrected chi connectivity index (χ4v) is 2.17. The maximum absolute atomic E-state index is 11.6. The molecule has 1 amide bonds. The van der Waals surface area contributed by atoms with Gasteiger partial charge >= 0.3 is 0 Å². The van der Waals surface area contributed by atoms with Gasteiger partial charge < -0.3 is 11.1 Å². The molecule has 0 aromatic heterocycles. The summed E-state index contributed by atoms with van der Waals surface area (Å²) in [4.78, 5) is 11.9. The summed E-state index contributed by atoms with van der Waals surface area (Å²) in [6.45, 7) is 4.82. The third-order valence-corrected chi connectivity index (χ3v) is 3.87. The molecule has 1 atom stereocenters. The second kappa shape index (κ2) is 6.18. The molecular weight excluding hydrogens is 220 g/mol. The van der Waals surface area contributed by atoms with Crippen LogP contribution in [0.5, 0.6) is 0 Å². The number of hydrogen-bond acceptors (Lipinski definition) is 2. The number of rotatable bonds is 4. The molecule has 0 saturated heterocycles. The van der Waals surface area contributed by atoms with Crippen LogP contribution in [0.3, 0.4) is 0 Å². The zero-order valence-electron chi connectivity index (χ0n) is 10.2. The third-order valence-electron chi connectivity index (χ3n) is 3.52. The zero-order chi connectivity index (χ0) is 12.1. The fourth-order valence-electron chi connectivity index (χ4n) is 2.06. The minimum absolute atomic E-state index is 0.0360. The first-order valence-corrected chi connectivity index (χ1v) is 6.48. The van der Waals surface area contributed by atoms with Crippen molar-refractivity contribution < 1.29 is 4.79 Å². The van der Waals surface area contributed by atoms with Crippen molar-refractivity contribution in [1.82, 2.24) is 5.32 Å². The summed E-state index contributed by atoms with van der Waals surface area (Å²) < 4.78 is 0. The average Bonchev–Trinajstić information content (AvgIpc) is 2.26. The van der Waals surface area contributed by atoms with Gasteiger partial charge in [-0.2, -0.15) is 0 Å². The van der Waals surface area contributed by atoms with Gasteiger partial charge in [-0.1, -0.05) is 32.0 Å². The average molecular weight is 242 g/mol. The number of nitrogens with one attached hydrogen (secondary N) is 1. The van der Waals surface area contributed by atoms with Crippen LogP contribution in [0.2, 0.25) is 0 Å². The molecule has 0 aromatic rings. The summed E-state index contributed by atoms with van der Waals surface area (Å²) in [6, 6.07) is 0. The van der Waals surface area contributed by atoms with Crippen LogP contribution in [0, 0.1) is 17.8 Å². The highest BCUT2D eigenvalue weighted by molar-refractivity contribution is 7.80. The first kappa shape index (κ1) is 13.4. The van der Waals surface area contributed by atoms with Gasteiger partial charge in [0.1, 0.15) is 0 Å². The lowest BCUT2D eigenvalue weighted by Gasteiger charge is -2.26. The van der Waals surface area contributed by atoms with Crippen molar-refractivity contribution in [2.45, 2.75) is 39.5 Å². The Balaban J connectivity index is 2.24. The van der Waals surface area contributed by atoms with Gasteiger partial charge in [-0.15, -0.1) is 0 Å². The molecule has 0 aliphatic heterocycles. The Morgan fingerprint density at radius 3 is 2.50 bits per heavy atom. The molecule has 92 valence electrons. The van der Waals surface area contributed by atoms with Crippen LogP contribution < -0.4 is 11.1 Å². The maximum atomic E-state index is 11.6. The molecule has 1 aliphatic rings. The van der Waals surface area contributed by atoms with Gasteiger partial charge in [-0.3, -0.25) is 4.79 Å². The maximum Gasteiger partial charge on any atom is 0.229 e. The number of carbonyl (C=O) groups excluding carboxylic acids is 1. The molecule has 3 nitrogen and oxygen atoms in total. The Morgan fingerprint density at radius 1 is 1.44 bits per heavy atom. The Kier molecular flexibility index (Phi) is 5.19. The van der Waals surface area contributed by atoms with Gasteiger partial charge in [0.2, 0.25) is 5.91 Å². The largest absolute Gasteiger partial charge is 0.393 e. The van der Waals surface area contributed by atoms with E-state index in [-0.39, 0.29) is 16.8 Å². The SMILES string of the molecule is CC1CCC(CNC(=O)C(C)C(N)=S)CC1. The van der Waals surface area contributed by atoms with Crippen molar-refractivity contribution in [3.05, 3.63) is 0 Å². The quantitative estimate of drug-likeness (QED) is 0.740. The molecule has 1 rings (SSSR count). The second-order valence-electron chi connectivity index (χ2n) is 5.00. The molecule has 16 heavy (non-hydrogen) atoms. The topological polar surface area (TPSA) is 55.1 Å². The molecule has 0 spiro atoms. The summed E-state index contributed by atoms with van der Waals surface area (Å²) in [5.41, 5.74) is 5.43. The van der Waals surface area contributed by atoms with Crippen molar-refractivity contribution in [2.24, 2.45) is 23.5 Å². The summed E-state index contributed by atoms with van der Waals surface area (Å²) >= 11 is 4.80. The van der Waals surface area contributed by atoms with Crippen molar-refractivity contribution in [3.63, 3.8) is 0 Å². The van der Waals surface area contributed by atoms with Gasteiger partial charge in [0, 0.05) is 6.54 Å². The van der Waals surface area contributed by atoms with E-state index >= 15 is 0 Å². The van der Waals surface area contributed by atoms with Crippen LogP contribution in [0.1, 0.15) is 39.5 Å². The molecule has 1 fully saturated rings. The van der Waals surface area contributed by atoms with Crippen LogP contribution in [0.15, 0.2) is 0 Å². The number of amides is 1. The Labute approximate surface area is 103 Å². The zero-order valence-corrected chi connectivity index (χ0v) is 11.0. The normalized spacial score (nSPS) is 27.1. The molecule has 1 saturated carbocycles. The van der Waals surface area contributed by atoms with Crippen LogP contribution in [0.25, 0.3) is 0 Å². The lowest BCUT2D eigenvalue weighted by molar-refractivity contribution is -0.122. The Bertz CT molecular complexity index is 260. The standard InChI is InChI=1S/C12H22N2OS/c1-8-3-5-10(6-4-8)7-14-12(15)9(2)11(13)16/h8-10H,3-7H2,1-2H3,(H2,13,16)(H,14,15). The summed E-state index contributed by atoms with van der Waals surface area (Å²) in [5.74, 6) is 1.10. The Hall–Kier alpha value is -0.640. The number of carbonyl (C=O) groups is 1. The van der Waals surface area contributed by atoms with Crippen molar-refractivity contribution in [3.8, 4) is 0 Å². The molecule has 4 heteroatoms. The van der Waals surface area contributed by atoms with Crippen molar-refractivity contribution in [1.29, 1.82) is 0 Å². The third kappa shape index (κ3) is 4.08. The van der Waals surface area contributed by atoms with E-state index < -0.39 is 0 Å². The smallest absolute Gasteiger partial charge is 0.229 e. The van der Waals surface area contributed by atoms with Crippen molar-refractivity contribution >= 4 is 23.1 Å². The van der Waals surface area contributed by atoms with E-state index in [1.807, 2.05) is 0 Å². The van der Waals surface area contributed by atoms with E-state index in [0.29, 0.717) is 5.92 Å². The van der Waals surface area contributed by atoms with Crippen LogP contribution in [0.4, 0.5) is 0 Å². The van der Waals surface area contributed by atoms with E-state index in [1.165, 1.54) is 25.7 Å². The second-order valence-corrected chi connectivity index (χ2v) is 5.47. The molecule has 0 radical (unpaired) electrons. The van der Waals surface area contributed by atoms with Crippen molar-refractivity contribution in [2.75, 3.05) is 6.54 Å². The summed E-state index contributed by atoms with van der Waals surface area (Å²) in [5, 5.41) is 2.94. The van der Waals surface area contributed by atoms with Crippen LogP contribution >= 0.6 is 12.2 Å². The van der Waals surface area contributed by atoms with Crippen LogP contribution in [-0.4, -0.2) is 17.4 Å². The minimum atomic E-state index is -0.350. The molecule has 1 aliphatic carbocycles. The van der Waals surface area contributed by atoms with Gasteiger partial charge in [0.15, 0.2) is 0 Å². The van der Waals surface area contributed by atoms with E-state index in [4.69, 9.17) is 18.0 Å². The highest BCUT2D eigenvalue weighted by Crippen LogP contribution is 2.27. The summed E-state index contributed by atoms with van der Waals surface area (Å²) in [7, 11) is 0.